The number of hydrogen-bond acceptors (Lipinski definition) is 2. The number of rotatable bonds is 1. The molecule has 0 saturated heterocycles. The van der Waals surface area contributed by atoms with Gasteiger partial charge in [-0.05, 0) is 48.6 Å². The molecule has 0 aromatic carbocycles. The second kappa shape index (κ2) is 3.44. The van der Waals surface area contributed by atoms with Crippen molar-refractivity contribution in [1.82, 2.24) is 10.2 Å². The Bertz CT molecular complexity index is 631. The van der Waals surface area contributed by atoms with E-state index in [1.807, 2.05) is 0 Å². The van der Waals surface area contributed by atoms with E-state index in [0.29, 0.717) is 5.92 Å². The lowest BCUT2D eigenvalue weighted by Gasteiger charge is -2.34. The van der Waals surface area contributed by atoms with E-state index in [1.165, 1.54) is 0 Å². The number of fused-ring (bicyclic) bond motifs is 5. The lowest BCUT2D eigenvalue weighted by atomic mass is 9.70. The first kappa shape index (κ1) is 13.5. The summed E-state index contributed by atoms with van der Waals surface area (Å²) < 4.78 is 39.8. The molecule has 0 radical (unpaired) electrons. The summed E-state index contributed by atoms with van der Waals surface area (Å²) in [5.41, 5.74) is 0.382. The fraction of sp³-hybridized carbons (Fsp3) is 0.750. The van der Waals surface area contributed by atoms with Crippen LogP contribution < -0.4 is 0 Å². The van der Waals surface area contributed by atoms with Gasteiger partial charge in [-0.3, -0.25) is 0 Å². The Morgan fingerprint density at radius 2 is 1.76 bits per heavy atom. The smallest absolute Gasteiger partial charge is 0.170 e. The molecule has 1 aromatic heterocycles. The van der Waals surface area contributed by atoms with Gasteiger partial charge in [0.25, 0.3) is 0 Å². The van der Waals surface area contributed by atoms with Crippen molar-refractivity contribution in [2.75, 3.05) is 0 Å². The van der Waals surface area contributed by atoms with Crippen molar-refractivity contribution >= 4 is 0 Å². The monoisotopic (exact) mass is 296 g/mol. The number of hydrogen-bond donors (Lipinski definition) is 0. The summed E-state index contributed by atoms with van der Waals surface area (Å²) in [5.74, 6) is 0.316. The fourth-order valence-corrected chi connectivity index (χ4v) is 4.61. The predicted molar refractivity (Wildman–Crippen MR) is 72.1 cm³/mol. The average molecular weight is 296 g/mol. The minimum atomic E-state index is -4.22. The highest BCUT2D eigenvalue weighted by Crippen LogP contribution is 2.68. The van der Waals surface area contributed by atoms with E-state index in [4.69, 9.17) is 0 Å². The SMILES string of the molecule is CC1(C)[C@H]2CC[C@]1(C)c1nnc(C3(C(F)(F)F)CC3)cc12. The van der Waals surface area contributed by atoms with Crippen LogP contribution in [-0.4, -0.2) is 16.4 Å². The molecule has 4 rings (SSSR count). The summed E-state index contributed by atoms with van der Waals surface area (Å²) in [6, 6.07) is 1.72. The van der Waals surface area contributed by atoms with E-state index in [-0.39, 0.29) is 29.4 Å². The molecule has 2 nitrogen and oxygen atoms in total. The lowest BCUT2D eigenvalue weighted by molar-refractivity contribution is -0.161. The third-order valence-corrected chi connectivity index (χ3v) is 6.73. The first-order chi connectivity index (χ1) is 9.63. The Balaban J connectivity index is 1.85. The third-order valence-electron chi connectivity index (χ3n) is 6.73. The van der Waals surface area contributed by atoms with Gasteiger partial charge in [0, 0.05) is 5.41 Å². The highest BCUT2D eigenvalue weighted by molar-refractivity contribution is 5.46. The maximum atomic E-state index is 13.3. The zero-order valence-corrected chi connectivity index (χ0v) is 12.5. The molecule has 0 N–H and O–H groups in total. The maximum Gasteiger partial charge on any atom is 0.400 e. The van der Waals surface area contributed by atoms with Gasteiger partial charge in [-0.2, -0.15) is 23.4 Å². The molecule has 0 amide bonds. The van der Waals surface area contributed by atoms with Crippen molar-refractivity contribution in [1.29, 1.82) is 0 Å². The van der Waals surface area contributed by atoms with E-state index in [0.717, 1.165) is 24.1 Å². The molecule has 0 unspecified atom stereocenters. The van der Waals surface area contributed by atoms with E-state index >= 15 is 0 Å². The van der Waals surface area contributed by atoms with Gasteiger partial charge in [0.05, 0.1) is 11.4 Å². The first-order valence-electron chi connectivity index (χ1n) is 7.59. The van der Waals surface area contributed by atoms with Gasteiger partial charge in [-0.25, -0.2) is 0 Å². The van der Waals surface area contributed by atoms with Crippen LogP contribution in [0.4, 0.5) is 13.2 Å². The molecule has 21 heavy (non-hydrogen) atoms. The molecule has 0 aliphatic heterocycles. The first-order valence-corrected chi connectivity index (χ1v) is 7.59. The third kappa shape index (κ3) is 1.36. The predicted octanol–water partition coefficient (Wildman–Crippen LogP) is 4.25. The molecule has 2 bridgehead atoms. The van der Waals surface area contributed by atoms with Crippen molar-refractivity contribution in [3.05, 3.63) is 23.0 Å². The quantitative estimate of drug-likeness (QED) is 0.774. The van der Waals surface area contributed by atoms with E-state index < -0.39 is 11.6 Å². The lowest BCUT2D eigenvalue weighted by Crippen LogP contribution is -2.33. The van der Waals surface area contributed by atoms with Crippen LogP contribution in [0.3, 0.4) is 0 Å². The largest absolute Gasteiger partial charge is 0.400 e. The Kier molecular flexibility index (Phi) is 2.21. The summed E-state index contributed by atoms with van der Waals surface area (Å²) in [5, 5.41) is 8.29. The van der Waals surface area contributed by atoms with E-state index in [2.05, 4.69) is 31.0 Å². The highest BCUT2D eigenvalue weighted by atomic mass is 19.4. The zero-order valence-electron chi connectivity index (χ0n) is 12.5. The molecule has 2 fully saturated rings. The highest BCUT2D eigenvalue weighted by Gasteiger charge is 2.67. The Morgan fingerprint density at radius 3 is 2.33 bits per heavy atom. The normalized spacial score (nSPS) is 34.9. The topological polar surface area (TPSA) is 25.8 Å². The van der Waals surface area contributed by atoms with Crippen LogP contribution in [0, 0.1) is 5.41 Å². The summed E-state index contributed by atoms with van der Waals surface area (Å²) in [4.78, 5) is 0. The molecule has 2 saturated carbocycles. The van der Waals surface area contributed by atoms with Crippen LogP contribution in [0.1, 0.15) is 69.3 Å². The van der Waals surface area contributed by atoms with Crippen LogP contribution in [0.5, 0.6) is 0 Å². The second-order valence-corrected chi connectivity index (χ2v) is 7.76. The minimum absolute atomic E-state index is 0.0481. The zero-order chi connectivity index (χ0) is 15.3. The van der Waals surface area contributed by atoms with Gasteiger partial charge in [-0.1, -0.05) is 20.8 Å². The Morgan fingerprint density at radius 1 is 1.10 bits per heavy atom. The van der Waals surface area contributed by atoms with Gasteiger partial charge in [0.1, 0.15) is 5.41 Å². The second-order valence-electron chi connectivity index (χ2n) is 7.76. The Labute approximate surface area is 122 Å². The van der Waals surface area contributed by atoms with Crippen LogP contribution in [-0.2, 0) is 10.8 Å². The molecule has 1 heterocycles. The van der Waals surface area contributed by atoms with Crippen molar-refractivity contribution in [2.24, 2.45) is 5.41 Å². The van der Waals surface area contributed by atoms with Crippen LogP contribution in [0.25, 0.3) is 0 Å². The molecular weight excluding hydrogens is 277 g/mol. The van der Waals surface area contributed by atoms with Gasteiger partial charge >= 0.3 is 6.18 Å². The van der Waals surface area contributed by atoms with Crippen LogP contribution >= 0.6 is 0 Å². The molecule has 3 aliphatic carbocycles. The Hall–Kier alpha value is -1.13. The minimum Gasteiger partial charge on any atom is -0.170 e. The van der Waals surface area contributed by atoms with Gasteiger partial charge in [0.15, 0.2) is 0 Å². The number of nitrogens with zero attached hydrogens (tertiary/aromatic N) is 2. The van der Waals surface area contributed by atoms with Crippen molar-refractivity contribution in [3.8, 4) is 0 Å². The van der Waals surface area contributed by atoms with Gasteiger partial charge < -0.3 is 0 Å². The number of halogens is 3. The average Bonchev–Trinajstić information content (AvgIpc) is 3.13. The summed E-state index contributed by atoms with van der Waals surface area (Å²) in [7, 11) is 0. The summed E-state index contributed by atoms with van der Waals surface area (Å²) >= 11 is 0. The van der Waals surface area contributed by atoms with Crippen molar-refractivity contribution in [2.45, 2.75) is 69.4 Å². The molecular formula is C16H19F3N2. The molecule has 114 valence electrons. The summed E-state index contributed by atoms with van der Waals surface area (Å²) in [6.45, 7) is 6.61. The molecule has 3 aliphatic rings. The van der Waals surface area contributed by atoms with Crippen LogP contribution in [0.2, 0.25) is 0 Å². The van der Waals surface area contributed by atoms with Gasteiger partial charge in [0.2, 0.25) is 0 Å². The van der Waals surface area contributed by atoms with E-state index in [9.17, 15) is 13.2 Å². The molecule has 0 spiro atoms. The fourth-order valence-electron chi connectivity index (χ4n) is 4.61. The molecule has 5 heteroatoms. The van der Waals surface area contributed by atoms with Crippen molar-refractivity contribution in [3.63, 3.8) is 0 Å². The number of alkyl halides is 3. The van der Waals surface area contributed by atoms with Crippen molar-refractivity contribution < 1.29 is 13.2 Å². The molecule has 1 aromatic rings. The van der Waals surface area contributed by atoms with Crippen LogP contribution in [0.15, 0.2) is 6.07 Å². The van der Waals surface area contributed by atoms with Gasteiger partial charge in [-0.15, -0.1) is 0 Å². The van der Waals surface area contributed by atoms with E-state index in [1.54, 1.807) is 6.07 Å². The molecule has 2 atom stereocenters. The maximum absolute atomic E-state index is 13.3. The standard InChI is InChI=1S/C16H19F3N2/c1-13(2)10-4-5-14(13,3)12-9(10)8-11(20-21-12)15(6-7-15)16(17,18)19/h8,10H,4-7H2,1-3H3/t10-,14+/m0/s1. The number of aromatic nitrogens is 2. The summed E-state index contributed by atoms with van der Waals surface area (Å²) in [6.07, 6.45) is -1.83.